The molecule has 0 amide bonds. The molecule has 0 aliphatic heterocycles. The van der Waals surface area contributed by atoms with E-state index >= 15 is 0 Å². The summed E-state index contributed by atoms with van der Waals surface area (Å²) in [5, 5.41) is 3.99. The molecule has 1 atom stereocenters. The third kappa shape index (κ3) is 5.32. The Labute approximate surface area is 116 Å². The van der Waals surface area contributed by atoms with E-state index in [2.05, 4.69) is 23.7 Å². The van der Waals surface area contributed by atoms with E-state index in [4.69, 9.17) is 0 Å². The molecule has 0 bridgehead atoms. The van der Waals surface area contributed by atoms with Crippen LogP contribution in [0, 0.1) is 5.92 Å². The van der Waals surface area contributed by atoms with Gasteiger partial charge in [0.1, 0.15) is 4.90 Å². The molecule has 0 radical (unpaired) electrons. The first kappa shape index (κ1) is 16.2. The topological polar surface area (TPSA) is 64.0 Å². The fourth-order valence-electron chi connectivity index (χ4n) is 1.88. The van der Waals surface area contributed by atoms with Gasteiger partial charge in [0.2, 0.25) is 10.0 Å². The Kier molecular flexibility index (Phi) is 6.00. The van der Waals surface area contributed by atoms with Crippen LogP contribution < -0.4 is 4.72 Å². The minimum Gasteiger partial charge on any atom is -0.272 e. The highest BCUT2D eigenvalue weighted by molar-refractivity contribution is 7.89. The minimum atomic E-state index is -3.43. The summed E-state index contributed by atoms with van der Waals surface area (Å²) < 4.78 is 28.5. The maximum atomic E-state index is 12.1. The Hall–Kier alpha value is -0.880. The summed E-state index contributed by atoms with van der Waals surface area (Å²) in [6.45, 7) is 8.84. The molecule has 6 heteroatoms. The van der Waals surface area contributed by atoms with Crippen LogP contribution >= 0.6 is 0 Å². The first-order chi connectivity index (χ1) is 8.85. The number of nitrogens with one attached hydrogen (secondary N) is 1. The highest BCUT2D eigenvalue weighted by atomic mass is 32.2. The number of hydrogen-bond acceptors (Lipinski definition) is 3. The molecule has 0 aromatic carbocycles. The Morgan fingerprint density at radius 2 is 2.00 bits per heavy atom. The van der Waals surface area contributed by atoms with Gasteiger partial charge in [0.05, 0.1) is 6.20 Å². The second-order valence-electron chi connectivity index (χ2n) is 5.38. The van der Waals surface area contributed by atoms with E-state index in [0.717, 1.165) is 19.3 Å². The largest absolute Gasteiger partial charge is 0.272 e. The fraction of sp³-hybridized carbons (Fsp3) is 0.769. The lowest BCUT2D eigenvalue weighted by atomic mass is 10.0. The average molecular weight is 287 g/mol. The monoisotopic (exact) mass is 287 g/mol. The minimum absolute atomic E-state index is 0.0475. The van der Waals surface area contributed by atoms with Crippen LogP contribution in [-0.2, 0) is 16.6 Å². The third-order valence-corrected chi connectivity index (χ3v) is 4.56. The van der Waals surface area contributed by atoms with Gasteiger partial charge < -0.3 is 0 Å². The van der Waals surface area contributed by atoms with Crippen LogP contribution in [0.25, 0.3) is 0 Å². The van der Waals surface area contributed by atoms with Crippen molar-refractivity contribution >= 4 is 10.0 Å². The predicted octanol–water partition coefficient (Wildman–Crippen LogP) is 2.40. The Bertz CT molecular complexity index is 480. The number of aryl methyl sites for hydroxylation is 1. The molecule has 0 saturated heterocycles. The maximum absolute atomic E-state index is 12.1. The lowest BCUT2D eigenvalue weighted by Gasteiger charge is -2.13. The van der Waals surface area contributed by atoms with Crippen molar-refractivity contribution in [2.45, 2.75) is 64.4 Å². The Morgan fingerprint density at radius 3 is 2.53 bits per heavy atom. The first-order valence-corrected chi connectivity index (χ1v) is 8.38. The van der Waals surface area contributed by atoms with Crippen LogP contribution in [0.3, 0.4) is 0 Å². The molecule has 1 rings (SSSR count). The molecule has 0 saturated carbocycles. The van der Waals surface area contributed by atoms with Crippen molar-refractivity contribution in [3.8, 4) is 0 Å². The van der Waals surface area contributed by atoms with Crippen LogP contribution in [-0.4, -0.2) is 24.2 Å². The third-order valence-electron chi connectivity index (χ3n) is 3.02. The van der Waals surface area contributed by atoms with Gasteiger partial charge in [-0.25, -0.2) is 13.1 Å². The van der Waals surface area contributed by atoms with Gasteiger partial charge in [-0.15, -0.1) is 0 Å². The smallest absolute Gasteiger partial charge is 0.243 e. The fourth-order valence-corrected chi connectivity index (χ4v) is 3.11. The summed E-state index contributed by atoms with van der Waals surface area (Å²) in [5.41, 5.74) is 0. The van der Waals surface area contributed by atoms with Crippen LogP contribution in [0.15, 0.2) is 17.3 Å². The summed E-state index contributed by atoms with van der Waals surface area (Å²) >= 11 is 0. The molecular formula is C13H25N3O2S. The normalized spacial score (nSPS) is 13.9. The molecule has 1 aromatic rings. The summed E-state index contributed by atoms with van der Waals surface area (Å²) in [6, 6.07) is -0.0475. The van der Waals surface area contributed by atoms with Crippen molar-refractivity contribution in [2.75, 3.05) is 0 Å². The maximum Gasteiger partial charge on any atom is 0.243 e. The van der Waals surface area contributed by atoms with Gasteiger partial charge in [0, 0.05) is 18.8 Å². The van der Waals surface area contributed by atoms with Gasteiger partial charge in [-0.3, -0.25) is 4.68 Å². The Balaban J connectivity index is 2.54. The molecule has 1 aromatic heterocycles. The van der Waals surface area contributed by atoms with Gasteiger partial charge in [-0.1, -0.05) is 26.7 Å². The SMILES string of the molecule is CCn1cc(S(=O)(=O)NC(C)CCCC(C)C)cn1. The second-order valence-corrected chi connectivity index (χ2v) is 7.09. The molecule has 1 heterocycles. The molecule has 5 nitrogen and oxygen atoms in total. The van der Waals surface area contributed by atoms with Gasteiger partial charge in [-0.05, 0) is 26.2 Å². The number of sulfonamides is 1. The molecule has 0 aliphatic rings. The quantitative estimate of drug-likeness (QED) is 0.798. The summed E-state index contributed by atoms with van der Waals surface area (Å²) in [6.07, 6.45) is 5.98. The van der Waals surface area contributed by atoms with Crippen molar-refractivity contribution in [2.24, 2.45) is 5.92 Å². The zero-order valence-corrected chi connectivity index (χ0v) is 13.1. The van der Waals surface area contributed by atoms with E-state index < -0.39 is 10.0 Å². The summed E-state index contributed by atoms with van der Waals surface area (Å²) in [7, 11) is -3.43. The molecule has 0 spiro atoms. The molecular weight excluding hydrogens is 262 g/mol. The average Bonchev–Trinajstić information content (AvgIpc) is 2.76. The van der Waals surface area contributed by atoms with E-state index in [9.17, 15) is 8.42 Å². The van der Waals surface area contributed by atoms with Crippen molar-refractivity contribution < 1.29 is 8.42 Å². The molecule has 0 fully saturated rings. The highest BCUT2D eigenvalue weighted by Crippen LogP contribution is 2.12. The zero-order chi connectivity index (χ0) is 14.5. The second kappa shape index (κ2) is 7.05. The van der Waals surface area contributed by atoms with Gasteiger partial charge >= 0.3 is 0 Å². The van der Waals surface area contributed by atoms with Gasteiger partial charge in [0.25, 0.3) is 0 Å². The number of hydrogen-bond donors (Lipinski definition) is 1. The van der Waals surface area contributed by atoms with E-state index in [1.807, 2.05) is 13.8 Å². The summed E-state index contributed by atoms with van der Waals surface area (Å²) in [4.78, 5) is 0.241. The Morgan fingerprint density at radius 1 is 1.32 bits per heavy atom. The van der Waals surface area contributed by atoms with Crippen molar-refractivity contribution in [3.63, 3.8) is 0 Å². The number of nitrogens with zero attached hydrogens (tertiary/aromatic N) is 2. The lowest BCUT2D eigenvalue weighted by molar-refractivity contribution is 0.488. The number of aromatic nitrogens is 2. The van der Waals surface area contributed by atoms with Gasteiger partial charge in [-0.2, -0.15) is 5.10 Å². The molecule has 19 heavy (non-hydrogen) atoms. The van der Waals surface area contributed by atoms with Crippen LogP contribution in [0.1, 0.15) is 47.0 Å². The lowest BCUT2D eigenvalue weighted by Crippen LogP contribution is -2.32. The molecule has 1 unspecified atom stereocenters. The summed E-state index contributed by atoms with van der Waals surface area (Å²) in [5.74, 6) is 0.659. The van der Waals surface area contributed by atoms with Crippen LogP contribution in [0.5, 0.6) is 0 Å². The van der Waals surface area contributed by atoms with E-state index in [1.165, 1.54) is 6.20 Å². The van der Waals surface area contributed by atoms with Crippen molar-refractivity contribution in [1.29, 1.82) is 0 Å². The zero-order valence-electron chi connectivity index (χ0n) is 12.3. The first-order valence-electron chi connectivity index (χ1n) is 6.90. The molecule has 0 aliphatic carbocycles. The van der Waals surface area contributed by atoms with E-state index in [-0.39, 0.29) is 10.9 Å². The standard InChI is InChI=1S/C13H25N3O2S/c1-5-16-10-13(9-14-16)19(17,18)15-12(4)8-6-7-11(2)3/h9-12,15H,5-8H2,1-4H3. The van der Waals surface area contributed by atoms with E-state index in [1.54, 1.807) is 10.9 Å². The number of rotatable bonds is 8. The van der Waals surface area contributed by atoms with Gasteiger partial charge in [0.15, 0.2) is 0 Å². The van der Waals surface area contributed by atoms with Crippen LogP contribution in [0.4, 0.5) is 0 Å². The molecule has 110 valence electrons. The molecule has 1 N–H and O–H groups in total. The predicted molar refractivity (Wildman–Crippen MR) is 76.4 cm³/mol. The van der Waals surface area contributed by atoms with E-state index in [0.29, 0.717) is 12.5 Å². The van der Waals surface area contributed by atoms with Crippen molar-refractivity contribution in [3.05, 3.63) is 12.4 Å². The van der Waals surface area contributed by atoms with Crippen LogP contribution in [0.2, 0.25) is 0 Å². The highest BCUT2D eigenvalue weighted by Gasteiger charge is 2.18. The van der Waals surface area contributed by atoms with Crippen molar-refractivity contribution in [1.82, 2.24) is 14.5 Å².